The first-order chi connectivity index (χ1) is 8.59. The zero-order valence-electron chi connectivity index (χ0n) is 10.9. The second kappa shape index (κ2) is 5.85. The number of hydrogen-bond acceptors (Lipinski definition) is 3. The normalized spacial score (nSPS) is 19.7. The summed E-state index contributed by atoms with van der Waals surface area (Å²) in [5.74, 6) is 0.0571. The number of halogens is 1. The zero-order chi connectivity index (χ0) is 13.1. The molecular formula is C13H19ClN2O2. The van der Waals surface area contributed by atoms with E-state index in [1.807, 2.05) is 13.8 Å². The Hall–Kier alpha value is -0.870. The van der Waals surface area contributed by atoms with Gasteiger partial charge in [-0.15, -0.1) is 0 Å². The lowest BCUT2D eigenvalue weighted by atomic mass is 10.1. The summed E-state index contributed by atoms with van der Waals surface area (Å²) in [6, 6.07) is 0.138. The summed E-state index contributed by atoms with van der Waals surface area (Å²) >= 11 is 6.04. The van der Waals surface area contributed by atoms with E-state index in [0.717, 1.165) is 25.9 Å². The van der Waals surface area contributed by atoms with Crippen LogP contribution in [0.15, 0.2) is 6.20 Å². The van der Waals surface area contributed by atoms with E-state index in [1.54, 1.807) is 10.9 Å². The fraction of sp³-hybridized carbons (Fsp3) is 0.692. The van der Waals surface area contributed by atoms with E-state index in [-0.39, 0.29) is 17.9 Å². The first kappa shape index (κ1) is 13.6. The number of nitrogens with zero attached hydrogens (tertiary/aromatic N) is 2. The SMILES string of the molecule is CC(C)n1ncc(Cl)c1C(=O)CCC1CCCO1. The zero-order valence-corrected chi connectivity index (χ0v) is 11.6. The average molecular weight is 271 g/mol. The molecular weight excluding hydrogens is 252 g/mol. The Bertz CT molecular complexity index is 423. The maximum absolute atomic E-state index is 12.2. The van der Waals surface area contributed by atoms with Crippen LogP contribution in [0, 0.1) is 0 Å². The number of ketones is 1. The molecule has 2 heterocycles. The summed E-state index contributed by atoms with van der Waals surface area (Å²) < 4.78 is 7.22. The van der Waals surface area contributed by atoms with E-state index in [9.17, 15) is 4.79 Å². The van der Waals surface area contributed by atoms with Crippen LogP contribution in [0.25, 0.3) is 0 Å². The Morgan fingerprint density at radius 2 is 2.44 bits per heavy atom. The van der Waals surface area contributed by atoms with Crippen molar-refractivity contribution in [2.75, 3.05) is 6.61 Å². The summed E-state index contributed by atoms with van der Waals surface area (Å²) in [5.41, 5.74) is 0.532. The predicted octanol–water partition coefficient (Wildman–Crippen LogP) is 3.26. The molecule has 1 aliphatic rings. The van der Waals surface area contributed by atoms with Crippen LogP contribution >= 0.6 is 11.6 Å². The maximum atomic E-state index is 12.2. The summed E-state index contributed by atoms with van der Waals surface area (Å²) in [6.07, 6.45) is 5.19. The molecule has 1 aliphatic heterocycles. The van der Waals surface area contributed by atoms with Crippen molar-refractivity contribution in [3.8, 4) is 0 Å². The van der Waals surface area contributed by atoms with Crippen LogP contribution < -0.4 is 0 Å². The highest BCUT2D eigenvalue weighted by Crippen LogP contribution is 2.23. The van der Waals surface area contributed by atoms with E-state index in [4.69, 9.17) is 16.3 Å². The van der Waals surface area contributed by atoms with Crippen molar-refractivity contribution >= 4 is 17.4 Å². The quantitative estimate of drug-likeness (QED) is 0.772. The minimum Gasteiger partial charge on any atom is -0.378 e. The number of aromatic nitrogens is 2. The monoisotopic (exact) mass is 270 g/mol. The van der Waals surface area contributed by atoms with Gasteiger partial charge in [-0.3, -0.25) is 9.48 Å². The van der Waals surface area contributed by atoms with Crippen molar-refractivity contribution in [3.05, 3.63) is 16.9 Å². The summed E-state index contributed by atoms with van der Waals surface area (Å²) in [5, 5.41) is 4.59. The van der Waals surface area contributed by atoms with Crippen molar-refractivity contribution in [1.29, 1.82) is 0 Å². The second-order valence-electron chi connectivity index (χ2n) is 4.98. The molecule has 0 amide bonds. The Kier molecular flexibility index (Phi) is 4.40. The van der Waals surface area contributed by atoms with Crippen LogP contribution in [0.4, 0.5) is 0 Å². The van der Waals surface area contributed by atoms with Gasteiger partial charge in [0.2, 0.25) is 0 Å². The Morgan fingerprint density at radius 3 is 3.06 bits per heavy atom. The van der Waals surface area contributed by atoms with Crippen LogP contribution in [-0.4, -0.2) is 28.3 Å². The van der Waals surface area contributed by atoms with Gasteiger partial charge in [-0.2, -0.15) is 5.10 Å². The van der Waals surface area contributed by atoms with Crippen molar-refractivity contribution in [3.63, 3.8) is 0 Å². The average Bonchev–Trinajstić information content (AvgIpc) is 2.94. The lowest BCUT2D eigenvalue weighted by Crippen LogP contribution is -2.15. The van der Waals surface area contributed by atoms with Gasteiger partial charge >= 0.3 is 0 Å². The van der Waals surface area contributed by atoms with Crippen LogP contribution in [0.1, 0.15) is 56.1 Å². The Morgan fingerprint density at radius 1 is 1.67 bits per heavy atom. The second-order valence-corrected chi connectivity index (χ2v) is 5.38. The van der Waals surface area contributed by atoms with Gasteiger partial charge in [0.25, 0.3) is 0 Å². The molecule has 18 heavy (non-hydrogen) atoms. The fourth-order valence-electron chi connectivity index (χ4n) is 2.28. The van der Waals surface area contributed by atoms with Gasteiger partial charge in [-0.1, -0.05) is 11.6 Å². The van der Waals surface area contributed by atoms with Crippen molar-refractivity contribution in [2.45, 2.75) is 51.7 Å². The summed E-state index contributed by atoms with van der Waals surface area (Å²) in [6.45, 7) is 4.80. The number of hydrogen-bond donors (Lipinski definition) is 0. The van der Waals surface area contributed by atoms with Gasteiger partial charge in [0.1, 0.15) is 5.69 Å². The molecule has 1 aromatic heterocycles. The highest BCUT2D eigenvalue weighted by molar-refractivity contribution is 6.33. The van der Waals surface area contributed by atoms with Gasteiger partial charge in [0.15, 0.2) is 5.78 Å². The minimum atomic E-state index is 0.0571. The Labute approximate surface area is 112 Å². The van der Waals surface area contributed by atoms with Gasteiger partial charge in [-0.05, 0) is 33.1 Å². The summed E-state index contributed by atoms with van der Waals surface area (Å²) in [4.78, 5) is 12.2. The molecule has 2 rings (SSSR count). The first-order valence-electron chi connectivity index (χ1n) is 6.47. The molecule has 1 atom stereocenters. The van der Waals surface area contributed by atoms with E-state index in [0.29, 0.717) is 17.1 Å². The van der Waals surface area contributed by atoms with Crippen LogP contribution in [0.2, 0.25) is 5.02 Å². The number of carbonyl (C=O) groups excluding carboxylic acids is 1. The molecule has 100 valence electrons. The lowest BCUT2D eigenvalue weighted by Gasteiger charge is -2.12. The first-order valence-corrected chi connectivity index (χ1v) is 6.85. The predicted molar refractivity (Wildman–Crippen MR) is 70.2 cm³/mol. The number of Topliss-reactive ketones (excluding diaryl/α,β-unsaturated/α-hetero) is 1. The summed E-state index contributed by atoms with van der Waals surface area (Å²) in [7, 11) is 0. The molecule has 0 aromatic carbocycles. The smallest absolute Gasteiger partial charge is 0.182 e. The third kappa shape index (κ3) is 2.93. The molecule has 5 heteroatoms. The van der Waals surface area contributed by atoms with Gasteiger partial charge < -0.3 is 4.74 Å². The van der Waals surface area contributed by atoms with Gasteiger partial charge in [0.05, 0.1) is 17.3 Å². The number of rotatable bonds is 5. The molecule has 0 N–H and O–H groups in total. The van der Waals surface area contributed by atoms with Crippen LogP contribution in [0.5, 0.6) is 0 Å². The molecule has 0 spiro atoms. The third-order valence-electron chi connectivity index (χ3n) is 3.22. The largest absolute Gasteiger partial charge is 0.378 e. The fourth-order valence-corrected chi connectivity index (χ4v) is 2.51. The van der Waals surface area contributed by atoms with Crippen LogP contribution in [-0.2, 0) is 4.74 Å². The van der Waals surface area contributed by atoms with Crippen LogP contribution in [0.3, 0.4) is 0 Å². The molecule has 0 bridgehead atoms. The van der Waals surface area contributed by atoms with Gasteiger partial charge in [-0.25, -0.2) is 0 Å². The van der Waals surface area contributed by atoms with E-state index >= 15 is 0 Å². The van der Waals surface area contributed by atoms with E-state index < -0.39 is 0 Å². The molecule has 4 nitrogen and oxygen atoms in total. The lowest BCUT2D eigenvalue weighted by molar-refractivity contribution is 0.0851. The molecule has 0 aliphatic carbocycles. The molecule has 1 fully saturated rings. The van der Waals surface area contributed by atoms with E-state index in [1.165, 1.54) is 0 Å². The standard InChI is InChI=1S/C13H19ClN2O2/c1-9(2)16-13(11(14)8-15-16)12(17)6-5-10-4-3-7-18-10/h8-10H,3-7H2,1-2H3. The molecule has 0 radical (unpaired) electrons. The minimum absolute atomic E-state index is 0.0571. The van der Waals surface area contributed by atoms with Crippen molar-refractivity contribution in [1.82, 2.24) is 9.78 Å². The third-order valence-corrected chi connectivity index (χ3v) is 3.50. The topological polar surface area (TPSA) is 44.1 Å². The van der Waals surface area contributed by atoms with Gasteiger partial charge in [0, 0.05) is 19.1 Å². The molecule has 1 saturated heterocycles. The molecule has 1 unspecified atom stereocenters. The maximum Gasteiger partial charge on any atom is 0.182 e. The highest BCUT2D eigenvalue weighted by Gasteiger charge is 2.22. The number of carbonyl (C=O) groups is 1. The Balaban J connectivity index is 2.01. The van der Waals surface area contributed by atoms with Crippen molar-refractivity contribution < 1.29 is 9.53 Å². The molecule has 0 saturated carbocycles. The van der Waals surface area contributed by atoms with E-state index in [2.05, 4.69) is 5.10 Å². The number of ether oxygens (including phenoxy) is 1. The highest BCUT2D eigenvalue weighted by atomic mass is 35.5. The molecule has 1 aromatic rings. The van der Waals surface area contributed by atoms with Crippen molar-refractivity contribution in [2.24, 2.45) is 0 Å².